The maximum absolute atomic E-state index is 12.5. The Kier molecular flexibility index (Phi) is 6.49. The largest absolute Gasteiger partial charge is 0.465 e. The number of Topliss-reactive ketones (excluding diaryl/α,β-unsaturated/α-hetero) is 1. The Balaban J connectivity index is 2.24. The Bertz CT molecular complexity index is 662. The van der Waals surface area contributed by atoms with E-state index in [-0.39, 0.29) is 43.8 Å². The van der Waals surface area contributed by atoms with Crippen molar-refractivity contribution in [2.24, 2.45) is 5.41 Å². The summed E-state index contributed by atoms with van der Waals surface area (Å²) in [6, 6.07) is 8.19. The van der Waals surface area contributed by atoms with Gasteiger partial charge in [-0.1, -0.05) is 18.2 Å². The molecule has 7 heteroatoms. The van der Waals surface area contributed by atoms with Gasteiger partial charge in [0, 0.05) is 12.8 Å². The number of carbonyl (C=O) groups excluding carboxylic acids is 4. The summed E-state index contributed by atoms with van der Waals surface area (Å²) in [7, 11) is 0. The average Bonchev–Trinajstić information content (AvgIpc) is 2.64. The van der Waals surface area contributed by atoms with Crippen LogP contribution in [0.1, 0.15) is 43.5 Å². The highest BCUT2D eigenvalue weighted by Crippen LogP contribution is 2.39. The van der Waals surface area contributed by atoms with Crippen LogP contribution < -0.4 is 0 Å². The third-order valence-electron chi connectivity index (χ3n) is 4.28. The van der Waals surface area contributed by atoms with Crippen LogP contribution >= 0.6 is 0 Å². The minimum atomic E-state index is -1.64. The molecule has 1 aromatic rings. The van der Waals surface area contributed by atoms with Gasteiger partial charge in [-0.15, -0.1) is 0 Å². The Morgan fingerprint density at radius 1 is 1.04 bits per heavy atom. The van der Waals surface area contributed by atoms with E-state index in [1.807, 2.05) is 0 Å². The van der Waals surface area contributed by atoms with E-state index in [1.54, 1.807) is 44.2 Å². The summed E-state index contributed by atoms with van der Waals surface area (Å²) in [6.45, 7) is 3.42. The van der Waals surface area contributed by atoms with E-state index >= 15 is 0 Å². The smallest absolute Gasteiger partial charge is 0.338 e. The first kappa shape index (κ1) is 19.6. The van der Waals surface area contributed by atoms with Crippen molar-refractivity contribution in [3.05, 3.63) is 35.9 Å². The van der Waals surface area contributed by atoms with Crippen LogP contribution in [-0.2, 0) is 28.6 Å². The molecule has 0 heterocycles. The van der Waals surface area contributed by atoms with Crippen LogP contribution in [0.3, 0.4) is 0 Å². The van der Waals surface area contributed by atoms with Gasteiger partial charge in [-0.3, -0.25) is 14.4 Å². The van der Waals surface area contributed by atoms with Gasteiger partial charge in [0.15, 0.2) is 17.3 Å². The molecule has 0 amide bonds. The van der Waals surface area contributed by atoms with Crippen molar-refractivity contribution in [2.75, 3.05) is 13.2 Å². The molecule has 1 aliphatic rings. The maximum atomic E-state index is 12.5. The normalized spacial score (nSPS) is 18.7. The zero-order valence-corrected chi connectivity index (χ0v) is 14.9. The van der Waals surface area contributed by atoms with Crippen molar-refractivity contribution in [3.63, 3.8) is 0 Å². The molecule has 0 aromatic heterocycles. The maximum Gasteiger partial charge on any atom is 0.338 e. The van der Waals surface area contributed by atoms with Crippen molar-refractivity contribution < 1.29 is 33.4 Å². The molecule has 0 saturated heterocycles. The van der Waals surface area contributed by atoms with E-state index in [1.165, 1.54) is 0 Å². The summed E-state index contributed by atoms with van der Waals surface area (Å²) in [5.41, 5.74) is -1.36. The van der Waals surface area contributed by atoms with E-state index in [9.17, 15) is 19.2 Å². The molecule has 0 N–H and O–H groups in total. The summed E-state index contributed by atoms with van der Waals surface area (Å²) in [6.07, 6.45) is -1.58. The molecular weight excluding hydrogens is 340 g/mol. The number of benzene rings is 1. The van der Waals surface area contributed by atoms with Crippen LogP contribution in [0.2, 0.25) is 0 Å². The summed E-state index contributed by atoms with van der Waals surface area (Å²) < 4.78 is 15.4. The van der Waals surface area contributed by atoms with Crippen molar-refractivity contribution in [3.8, 4) is 0 Å². The monoisotopic (exact) mass is 362 g/mol. The zero-order valence-electron chi connectivity index (χ0n) is 14.9. The van der Waals surface area contributed by atoms with E-state index in [2.05, 4.69) is 0 Å². The predicted octanol–water partition coefficient (Wildman–Crippen LogP) is 2.08. The van der Waals surface area contributed by atoms with Crippen LogP contribution in [0, 0.1) is 5.41 Å². The van der Waals surface area contributed by atoms with Gasteiger partial charge < -0.3 is 14.2 Å². The summed E-state index contributed by atoms with van der Waals surface area (Å²) in [4.78, 5) is 49.4. The van der Waals surface area contributed by atoms with Gasteiger partial charge in [-0.25, -0.2) is 4.79 Å². The minimum absolute atomic E-state index is 0.0249. The van der Waals surface area contributed by atoms with Gasteiger partial charge in [-0.2, -0.15) is 0 Å². The lowest BCUT2D eigenvalue weighted by molar-refractivity contribution is -0.178. The second-order valence-corrected chi connectivity index (χ2v) is 5.95. The molecule has 0 bridgehead atoms. The number of ketones is 1. The van der Waals surface area contributed by atoms with Crippen molar-refractivity contribution in [2.45, 2.75) is 39.2 Å². The van der Waals surface area contributed by atoms with Crippen molar-refractivity contribution in [1.82, 2.24) is 0 Å². The number of hydrogen-bond acceptors (Lipinski definition) is 7. The molecule has 1 saturated carbocycles. The molecule has 1 fully saturated rings. The molecule has 140 valence electrons. The van der Waals surface area contributed by atoms with Gasteiger partial charge in [0.2, 0.25) is 0 Å². The average molecular weight is 362 g/mol. The Labute approximate surface area is 151 Å². The number of hydrogen-bond donors (Lipinski definition) is 0. The Morgan fingerprint density at radius 3 is 2.15 bits per heavy atom. The van der Waals surface area contributed by atoms with E-state index in [0.29, 0.717) is 0 Å². The van der Waals surface area contributed by atoms with Gasteiger partial charge in [0.1, 0.15) is 0 Å². The van der Waals surface area contributed by atoms with Crippen molar-refractivity contribution in [1.29, 1.82) is 0 Å². The van der Waals surface area contributed by atoms with Crippen LogP contribution in [0.15, 0.2) is 30.3 Å². The second kappa shape index (κ2) is 8.60. The lowest BCUT2D eigenvalue weighted by Gasteiger charge is -2.35. The predicted molar refractivity (Wildman–Crippen MR) is 90.2 cm³/mol. The van der Waals surface area contributed by atoms with Gasteiger partial charge in [0.25, 0.3) is 0 Å². The third kappa shape index (κ3) is 4.09. The number of rotatable bonds is 6. The quantitative estimate of drug-likeness (QED) is 0.434. The topological polar surface area (TPSA) is 96.0 Å². The third-order valence-corrected chi connectivity index (χ3v) is 4.28. The number of ether oxygens (including phenoxy) is 3. The molecule has 1 aliphatic carbocycles. The van der Waals surface area contributed by atoms with Gasteiger partial charge in [-0.05, 0) is 32.4 Å². The molecule has 0 radical (unpaired) electrons. The molecular formula is C19H22O7. The highest BCUT2D eigenvalue weighted by Gasteiger charge is 2.55. The first-order valence-electron chi connectivity index (χ1n) is 8.57. The molecule has 1 unspecified atom stereocenters. The van der Waals surface area contributed by atoms with Gasteiger partial charge >= 0.3 is 17.9 Å². The second-order valence-electron chi connectivity index (χ2n) is 5.95. The fourth-order valence-electron chi connectivity index (χ4n) is 2.90. The standard InChI is InChI=1S/C19H22O7/c1-3-24-17(22)19(18(23)25-4-2)11-10-14(20)15(12-19)26-16(21)13-8-6-5-7-9-13/h5-9,15H,3-4,10-12H2,1-2H3. The highest BCUT2D eigenvalue weighted by molar-refractivity contribution is 6.03. The van der Waals surface area contributed by atoms with Crippen molar-refractivity contribution >= 4 is 23.7 Å². The molecule has 0 aliphatic heterocycles. The molecule has 1 aromatic carbocycles. The highest BCUT2D eigenvalue weighted by atomic mass is 16.6. The Hall–Kier alpha value is -2.70. The molecule has 2 rings (SSSR count). The zero-order chi connectivity index (χ0) is 19.2. The first-order chi connectivity index (χ1) is 12.4. The van der Waals surface area contributed by atoms with Crippen LogP contribution in [0.25, 0.3) is 0 Å². The fraction of sp³-hybridized carbons (Fsp3) is 0.474. The SMILES string of the molecule is CCOC(=O)C1(C(=O)OCC)CCC(=O)C(OC(=O)c2ccccc2)C1. The lowest BCUT2D eigenvalue weighted by Crippen LogP contribution is -2.50. The molecule has 1 atom stereocenters. The Morgan fingerprint density at radius 2 is 1.62 bits per heavy atom. The summed E-state index contributed by atoms with van der Waals surface area (Å²) in [5, 5.41) is 0. The fourth-order valence-corrected chi connectivity index (χ4v) is 2.90. The van der Waals surface area contributed by atoms with E-state index in [4.69, 9.17) is 14.2 Å². The van der Waals surface area contributed by atoms with Gasteiger partial charge in [0.05, 0.1) is 18.8 Å². The van der Waals surface area contributed by atoms with Crippen LogP contribution in [0.4, 0.5) is 0 Å². The lowest BCUT2D eigenvalue weighted by atomic mass is 9.72. The van der Waals surface area contributed by atoms with E-state index < -0.39 is 29.4 Å². The minimum Gasteiger partial charge on any atom is -0.465 e. The number of carbonyl (C=O) groups is 4. The van der Waals surface area contributed by atoms with E-state index in [0.717, 1.165) is 0 Å². The van der Waals surface area contributed by atoms with Crippen LogP contribution in [-0.4, -0.2) is 43.0 Å². The summed E-state index contributed by atoms with van der Waals surface area (Å²) in [5.74, 6) is -2.54. The number of esters is 3. The molecule has 26 heavy (non-hydrogen) atoms. The summed E-state index contributed by atoms with van der Waals surface area (Å²) >= 11 is 0. The van der Waals surface area contributed by atoms with Crippen LogP contribution in [0.5, 0.6) is 0 Å². The first-order valence-corrected chi connectivity index (χ1v) is 8.57. The molecule has 0 spiro atoms. The molecule has 7 nitrogen and oxygen atoms in total.